The van der Waals surface area contributed by atoms with E-state index in [0.29, 0.717) is 0 Å². The number of hydrogen-bond donors (Lipinski definition) is 0. The Morgan fingerprint density at radius 2 is 1.23 bits per heavy atom. The lowest BCUT2D eigenvalue weighted by Crippen LogP contribution is -2.26. The van der Waals surface area contributed by atoms with Gasteiger partial charge in [-0.1, -0.05) is 90.2 Å². The van der Waals surface area contributed by atoms with Crippen molar-refractivity contribution in [2.45, 2.75) is 123 Å². The highest BCUT2D eigenvalue weighted by molar-refractivity contribution is 5.27. The van der Waals surface area contributed by atoms with Crippen LogP contribution in [0.15, 0.2) is 24.3 Å². The lowest BCUT2D eigenvalue weighted by molar-refractivity contribution is 0.140. The van der Waals surface area contributed by atoms with Gasteiger partial charge in [-0.25, -0.2) is 0 Å². The van der Waals surface area contributed by atoms with Gasteiger partial charge in [0, 0.05) is 0 Å². The molecular weight excluding hydrogens is 376 g/mol. The normalized spacial score (nSPS) is 26.6. The Morgan fingerprint density at radius 3 is 1.81 bits per heavy atom. The van der Waals surface area contributed by atoms with Gasteiger partial charge in [0.15, 0.2) is 0 Å². The molecule has 2 aliphatic rings. The molecule has 1 aromatic carbocycles. The first-order valence-electron chi connectivity index (χ1n) is 14.0. The summed E-state index contributed by atoms with van der Waals surface area (Å²) in [4.78, 5) is 0. The molecule has 0 bridgehead atoms. The smallest absolute Gasteiger partial charge is 0.119 e. The standard InChI is InChI=1S/C30H50O/c1-3-5-7-8-9-25-12-18-28(19-13-25)29-20-14-26(15-21-29)10-11-27-16-22-30(23-17-27)31-24-6-4-2/h16-17,22-23,25-26,28-29H,3-15,18-21,24H2,1-2H3/t25-,26-,28-,29-. The highest BCUT2D eigenvalue weighted by Gasteiger charge is 2.30. The molecule has 1 nitrogen and oxygen atoms in total. The Hall–Kier alpha value is -0.980. The Balaban J connectivity index is 1.28. The fourth-order valence-corrected chi connectivity index (χ4v) is 6.21. The lowest BCUT2D eigenvalue weighted by Gasteiger charge is -2.38. The number of aryl methyl sites for hydroxylation is 1. The predicted octanol–water partition coefficient (Wildman–Crippen LogP) is 9.38. The Morgan fingerprint density at radius 1 is 0.645 bits per heavy atom. The summed E-state index contributed by atoms with van der Waals surface area (Å²) in [6.07, 6.45) is 24.4. The van der Waals surface area contributed by atoms with Crippen LogP contribution in [0, 0.1) is 23.7 Å². The summed E-state index contributed by atoms with van der Waals surface area (Å²) in [5.74, 6) is 5.18. The first-order valence-corrected chi connectivity index (χ1v) is 14.0. The molecule has 0 aromatic heterocycles. The molecule has 0 atom stereocenters. The zero-order valence-corrected chi connectivity index (χ0v) is 20.8. The third kappa shape index (κ3) is 8.82. The van der Waals surface area contributed by atoms with Crippen molar-refractivity contribution in [3.05, 3.63) is 29.8 Å². The molecule has 0 saturated heterocycles. The Kier molecular flexibility index (Phi) is 11.3. The van der Waals surface area contributed by atoms with Gasteiger partial charge in [-0.15, -0.1) is 0 Å². The van der Waals surface area contributed by atoms with Crippen LogP contribution >= 0.6 is 0 Å². The van der Waals surface area contributed by atoms with Gasteiger partial charge in [0.25, 0.3) is 0 Å². The van der Waals surface area contributed by atoms with Crippen molar-refractivity contribution in [3.8, 4) is 5.75 Å². The molecule has 1 aromatic rings. The summed E-state index contributed by atoms with van der Waals surface area (Å²) in [5, 5.41) is 0. The molecule has 3 rings (SSSR count). The average Bonchev–Trinajstić information content (AvgIpc) is 2.82. The fraction of sp³-hybridized carbons (Fsp3) is 0.800. The van der Waals surface area contributed by atoms with E-state index in [0.717, 1.165) is 42.4 Å². The zero-order valence-electron chi connectivity index (χ0n) is 20.8. The minimum absolute atomic E-state index is 0.847. The third-order valence-electron chi connectivity index (χ3n) is 8.45. The summed E-state index contributed by atoms with van der Waals surface area (Å²) in [6.45, 7) is 5.38. The maximum absolute atomic E-state index is 5.80. The van der Waals surface area contributed by atoms with Gasteiger partial charge >= 0.3 is 0 Å². The van der Waals surface area contributed by atoms with E-state index in [2.05, 4.69) is 38.1 Å². The van der Waals surface area contributed by atoms with Crippen LogP contribution in [-0.4, -0.2) is 6.61 Å². The van der Waals surface area contributed by atoms with Gasteiger partial charge in [-0.05, 0) is 86.3 Å². The minimum Gasteiger partial charge on any atom is -0.494 e. The maximum Gasteiger partial charge on any atom is 0.119 e. The minimum atomic E-state index is 0.847. The number of rotatable bonds is 13. The molecule has 0 aliphatic heterocycles. The highest BCUT2D eigenvalue weighted by Crippen LogP contribution is 2.43. The zero-order chi connectivity index (χ0) is 21.7. The van der Waals surface area contributed by atoms with Crippen LogP contribution in [0.25, 0.3) is 0 Å². The van der Waals surface area contributed by atoms with Crippen LogP contribution in [0.1, 0.15) is 122 Å². The van der Waals surface area contributed by atoms with Crippen LogP contribution < -0.4 is 4.74 Å². The lowest BCUT2D eigenvalue weighted by atomic mass is 9.68. The van der Waals surface area contributed by atoms with E-state index in [1.165, 1.54) is 95.5 Å². The number of ether oxygens (including phenoxy) is 1. The number of hydrogen-bond acceptors (Lipinski definition) is 1. The summed E-state index contributed by atoms with van der Waals surface area (Å²) < 4.78 is 5.80. The van der Waals surface area contributed by atoms with Crippen molar-refractivity contribution in [2.75, 3.05) is 6.61 Å². The molecule has 2 saturated carbocycles. The molecular formula is C30H50O. The van der Waals surface area contributed by atoms with Crippen LogP contribution in [-0.2, 0) is 6.42 Å². The van der Waals surface area contributed by atoms with Gasteiger partial charge in [0.2, 0.25) is 0 Å². The van der Waals surface area contributed by atoms with E-state index in [4.69, 9.17) is 4.74 Å². The predicted molar refractivity (Wildman–Crippen MR) is 135 cm³/mol. The first kappa shape index (κ1) is 24.7. The summed E-state index contributed by atoms with van der Waals surface area (Å²) in [5.41, 5.74) is 1.49. The van der Waals surface area contributed by atoms with Crippen molar-refractivity contribution < 1.29 is 4.74 Å². The van der Waals surface area contributed by atoms with E-state index in [-0.39, 0.29) is 0 Å². The van der Waals surface area contributed by atoms with Gasteiger partial charge in [-0.2, -0.15) is 0 Å². The quantitative estimate of drug-likeness (QED) is 0.285. The second-order valence-corrected chi connectivity index (χ2v) is 10.8. The summed E-state index contributed by atoms with van der Waals surface area (Å²) >= 11 is 0. The topological polar surface area (TPSA) is 9.23 Å². The van der Waals surface area contributed by atoms with E-state index in [1.54, 1.807) is 12.8 Å². The fourth-order valence-electron chi connectivity index (χ4n) is 6.21. The van der Waals surface area contributed by atoms with Gasteiger partial charge in [0.1, 0.15) is 5.75 Å². The third-order valence-corrected chi connectivity index (χ3v) is 8.45. The Bertz CT molecular complexity index is 561. The van der Waals surface area contributed by atoms with Crippen molar-refractivity contribution >= 4 is 0 Å². The van der Waals surface area contributed by atoms with E-state index < -0.39 is 0 Å². The first-order chi connectivity index (χ1) is 15.3. The summed E-state index contributed by atoms with van der Waals surface area (Å²) in [7, 11) is 0. The van der Waals surface area contributed by atoms with Gasteiger partial charge in [-0.3, -0.25) is 0 Å². The van der Waals surface area contributed by atoms with Crippen LogP contribution in [0.4, 0.5) is 0 Å². The van der Waals surface area contributed by atoms with E-state index in [9.17, 15) is 0 Å². The molecule has 2 aliphatic carbocycles. The van der Waals surface area contributed by atoms with E-state index >= 15 is 0 Å². The molecule has 2 fully saturated rings. The van der Waals surface area contributed by atoms with Crippen LogP contribution in [0.2, 0.25) is 0 Å². The van der Waals surface area contributed by atoms with Crippen molar-refractivity contribution in [1.29, 1.82) is 0 Å². The monoisotopic (exact) mass is 426 g/mol. The summed E-state index contributed by atoms with van der Waals surface area (Å²) in [6, 6.07) is 8.91. The van der Waals surface area contributed by atoms with Crippen molar-refractivity contribution in [2.24, 2.45) is 23.7 Å². The molecule has 0 N–H and O–H groups in total. The maximum atomic E-state index is 5.80. The highest BCUT2D eigenvalue weighted by atomic mass is 16.5. The average molecular weight is 427 g/mol. The number of unbranched alkanes of at least 4 members (excludes halogenated alkanes) is 4. The molecule has 0 unspecified atom stereocenters. The van der Waals surface area contributed by atoms with Crippen molar-refractivity contribution in [1.82, 2.24) is 0 Å². The molecule has 31 heavy (non-hydrogen) atoms. The second-order valence-electron chi connectivity index (χ2n) is 10.8. The largest absolute Gasteiger partial charge is 0.494 e. The molecule has 176 valence electrons. The Labute approximate surface area is 193 Å². The molecule has 1 heteroatoms. The molecule has 0 radical (unpaired) electrons. The van der Waals surface area contributed by atoms with E-state index in [1.807, 2.05) is 0 Å². The molecule has 0 spiro atoms. The van der Waals surface area contributed by atoms with Gasteiger partial charge in [0.05, 0.1) is 6.61 Å². The van der Waals surface area contributed by atoms with Gasteiger partial charge < -0.3 is 4.74 Å². The number of benzene rings is 1. The van der Waals surface area contributed by atoms with Crippen LogP contribution in [0.3, 0.4) is 0 Å². The van der Waals surface area contributed by atoms with Crippen molar-refractivity contribution in [3.63, 3.8) is 0 Å². The SMILES string of the molecule is CCCCCC[C@H]1CC[C@H]([C@H]2CC[C@H](CCc3ccc(OCCCC)cc3)CC2)CC1. The second kappa shape index (κ2) is 14.2. The molecule has 0 amide bonds. The van der Waals surface area contributed by atoms with Crippen LogP contribution in [0.5, 0.6) is 5.75 Å². The molecule has 0 heterocycles.